The fourth-order valence-corrected chi connectivity index (χ4v) is 3.14. The summed E-state index contributed by atoms with van der Waals surface area (Å²) in [5.74, 6) is 1.57. The fourth-order valence-electron chi connectivity index (χ4n) is 2.70. The molecule has 2 heterocycles. The van der Waals surface area contributed by atoms with Crippen LogP contribution in [0.1, 0.15) is 17.7 Å². The van der Waals surface area contributed by atoms with E-state index in [0.29, 0.717) is 13.2 Å². The maximum absolute atomic E-state index is 9.17. The zero-order chi connectivity index (χ0) is 16.8. The van der Waals surface area contributed by atoms with E-state index in [9.17, 15) is 5.11 Å². The van der Waals surface area contributed by atoms with Gasteiger partial charge >= 0.3 is 0 Å². The number of aromatic nitrogens is 1. The van der Waals surface area contributed by atoms with E-state index in [0.717, 1.165) is 53.3 Å². The highest BCUT2D eigenvalue weighted by atomic mass is 79.9. The van der Waals surface area contributed by atoms with Gasteiger partial charge in [0.05, 0.1) is 5.69 Å². The molecular formula is C18H21BrN2O3. The number of hydrogen-bond donors (Lipinski definition) is 1. The summed E-state index contributed by atoms with van der Waals surface area (Å²) in [6.07, 6.45) is 2.54. The minimum atomic E-state index is 0.182. The van der Waals surface area contributed by atoms with Crippen molar-refractivity contribution in [2.45, 2.75) is 19.5 Å². The molecule has 0 fully saturated rings. The molecule has 0 radical (unpaired) electrons. The summed E-state index contributed by atoms with van der Waals surface area (Å²) in [6, 6.07) is 9.92. The molecule has 0 saturated heterocycles. The van der Waals surface area contributed by atoms with Crippen LogP contribution in [0.3, 0.4) is 0 Å². The number of nitrogens with zero attached hydrogens (tertiary/aromatic N) is 2. The summed E-state index contributed by atoms with van der Waals surface area (Å²) in [7, 11) is 0. The van der Waals surface area contributed by atoms with Gasteiger partial charge in [-0.05, 0) is 36.2 Å². The van der Waals surface area contributed by atoms with Crippen molar-refractivity contribution in [3.8, 4) is 11.5 Å². The van der Waals surface area contributed by atoms with E-state index < -0.39 is 0 Å². The van der Waals surface area contributed by atoms with Crippen molar-refractivity contribution in [2.24, 2.45) is 0 Å². The Balaban J connectivity index is 1.76. The van der Waals surface area contributed by atoms with Crippen molar-refractivity contribution < 1.29 is 14.6 Å². The lowest BCUT2D eigenvalue weighted by Gasteiger charge is -2.24. The molecule has 2 aromatic rings. The number of aliphatic hydroxyl groups excluding tert-OH is 1. The Hall–Kier alpha value is -1.63. The van der Waals surface area contributed by atoms with Gasteiger partial charge in [-0.1, -0.05) is 22.0 Å². The number of ether oxygens (including phenoxy) is 2. The quantitative estimate of drug-likeness (QED) is 0.784. The summed E-state index contributed by atoms with van der Waals surface area (Å²) in [4.78, 5) is 6.67. The number of pyridine rings is 1. The maximum Gasteiger partial charge on any atom is 0.162 e. The summed E-state index contributed by atoms with van der Waals surface area (Å²) >= 11 is 3.63. The van der Waals surface area contributed by atoms with Gasteiger partial charge < -0.3 is 14.6 Å². The average molecular weight is 393 g/mol. The molecule has 0 bridgehead atoms. The van der Waals surface area contributed by atoms with Gasteiger partial charge in [-0.25, -0.2) is 0 Å². The molecule has 1 aliphatic heterocycles. The second-order valence-electron chi connectivity index (χ2n) is 5.70. The second kappa shape index (κ2) is 8.46. The van der Waals surface area contributed by atoms with Crippen molar-refractivity contribution in [3.63, 3.8) is 0 Å². The van der Waals surface area contributed by atoms with Crippen molar-refractivity contribution in [1.29, 1.82) is 0 Å². The molecule has 128 valence electrons. The highest BCUT2D eigenvalue weighted by Crippen LogP contribution is 2.36. The number of halogens is 1. The van der Waals surface area contributed by atoms with Crippen LogP contribution in [0.25, 0.3) is 0 Å². The smallest absolute Gasteiger partial charge is 0.162 e. The Morgan fingerprint density at radius 3 is 2.62 bits per heavy atom. The molecule has 0 unspecified atom stereocenters. The van der Waals surface area contributed by atoms with Crippen LogP contribution in [-0.4, -0.2) is 41.4 Å². The lowest BCUT2D eigenvalue weighted by molar-refractivity contribution is 0.170. The average Bonchev–Trinajstić information content (AvgIpc) is 2.61. The van der Waals surface area contributed by atoms with Gasteiger partial charge in [0.2, 0.25) is 0 Å². The molecule has 0 atom stereocenters. The SMILES string of the molecule is OCCCN(Cc1ccccn1)Cc1cc2c(cc1Br)OCCO2. The highest BCUT2D eigenvalue weighted by molar-refractivity contribution is 9.10. The van der Waals surface area contributed by atoms with Crippen LogP contribution in [0.2, 0.25) is 0 Å². The van der Waals surface area contributed by atoms with Gasteiger partial charge in [0.1, 0.15) is 13.2 Å². The first-order valence-electron chi connectivity index (χ1n) is 8.07. The zero-order valence-corrected chi connectivity index (χ0v) is 15.0. The first-order chi connectivity index (χ1) is 11.8. The molecule has 0 amide bonds. The Morgan fingerprint density at radius 2 is 1.92 bits per heavy atom. The van der Waals surface area contributed by atoms with Crippen molar-refractivity contribution in [1.82, 2.24) is 9.88 Å². The van der Waals surface area contributed by atoms with Crippen molar-refractivity contribution in [2.75, 3.05) is 26.4 Å². The molecule has 0 saturated carbocycles. The van der Waals surface area contributed by atoms with Crippen molar-refractivity contribution in [3.05, 3.63) is 52.3 Å². The van der Waals surface area contributed by atoms with E-state index >= 15 is 0 Å². The summed E-state index contributed by atoms with van der Waals surface area (Å²) < 4.78 is 12.3. The minimum Gasteiger partial charge on any atom is -0.486 e. The lowest BCUT2D eigenvalue weighted by Crippen LogP contribution is -2.25. The Bertz CT molecular complexity index is 667. The Labute approximate surface area is 150 Å². The van der Waals surface area contributed by atoms with Gasteiger partial charge in [-0.3, -0.25) is 9.88 Å². The highest BCUT2D eigenvalue weighted by Gasteiger charge is 2.17. The molecule has 0 spiro atoms. The van der Waals surface area contributed by atoms with E-state index in [1.54, 1.807) is 6.20 Å². The van der Waals surface area contributed by atoms with E-state index in [2.05, 4.69) is 25.8 Å². The van der Waals surface area contributed by atoms with Gasteiger partial charge in [0, 0.05) is 36.9 Å². The van der Waals surface area contributed by atoms with Crippen LogP contribution in [0, 0.1) is 0 Å². The van der Waals surface area contributed by atoms with Gasteiger partial charge in [0.25, 0.3) is 0 Å². The first kappa shape index (κ1) is 17.2. The van der Waals surface area contributed by atoms with Crippen LogP contribution in [0.4, 0.5) is 0 Å². The minimum absolute atomic E-state index is 0.182. The lowest BCUT2D eigenvalue weighted by atomic mass is 10.1. The molecule has 1 aromatic heterocycles. The van der Waals surface area contributed by atoms with Gasteiger partial charge in [-0.2, -0.15) is 0 Å². The number of aliphatic hydroxyl groups is 1. The topological polar surface area (TPSA) is 54.8 Å². The summed E-state index contributed by atoms with van der Waals surface area (Å²) in [5, 5.41) is 9.17. The molecule has 24 heavy (non-hydrogen) atoms. The molecule has 6 heteroatoms. The number of rotatable bonds is 7. The van der Waals surface area contributed by atoms with Crippen LogP contribution in [0.5, 0.6) is 11.5 Å². The zero-order valence-electron chi connectivity index (χ0n) is 13.4. The number of benzene rings is 1. The molecule has 0 aliphatic carbocycles. The third-order valence-electron chi connectivity index (χ3n) is 3.85. The monoisotopic (exact) mass is 392 g/mol. The fraction of sp³-hybridized carbons (Fsp3) is 0.389. The van der Waals surface area contributed by atoms with Crippen LogP contribution in [0.15, 0.2) is 41.0 Å². The largest absolute Gasteiger partial charge is 0.486 e. The predicted molar refractivity (Wildman–Crippen MR) is 95.2 cm³/mol. The Morgan fingerprint density at radius 1 is 1.12 bits per heavy atom. The number of hydrogen-bond acceptors (Lipinski definition) is 5. The third kappa shape index (κ3) is 4.47. The van der Waals surface area contributed by atoms with E-state index in [4.69, 9.17) is 9.47 Å². The second-order valence-corrected chi connectivity index (χ2v) is 6.55. The van der Waals surface area contributed by atoms with Crippen molar-refractivity contribution >= 4 is 15.9 Å². The predicted octanol–water partition coefficient (Wildman–Crippen LogP) is 3.00. The summed E-state index contributed by atoms with van der Waals surface area (Å²) in [5.41, 5.74) is 2.15. The molecule has 1 aliphatic rings. The standard InChI is InChI=1S/C18H21BrN2O3/c19-16-11-18-17(23-8-9-24-18)10-14(16)12-21(6-3-7-22)13-15-4-1-2-5-20-15/h1-2,4-5,10-11,22H,3,6-9,12-13H2. The Kier molecular flexibility index (Phi) is 6.07. The molecule has 1 aromatic carbocycles. The van der Waals surface area contributed by atoms with E-state index in [1.165, 1.54) is 0 Å². The molecule has 5 nitrogen and oxygen atoms in total. The normalized spacial score (nSPS) is 13.3. The van der Waals surface area contributed by atoms with E-state index in [-0.39, 0.29) is 6.61 Å². The van der Waals surface area contributed by atoms with Crippen LogP contribution >= 0.6 is 15.9 Å². The van der Waals surface area contributed by atoms with Gasteiger partial charge in [-0.15, -0.1) is 0 Å². The van der Waals surface area contributed by atoms with Crippen LogP contribution in [-0.2, 0) is 13.1 Å². The molecule has 3 rings (SSSR count). The third-order valence-corrected chi connectivity index (χ3v) is 4.59. The summed E-state index contributed by atoms with van der Waals surface area (Å²) in [6.45, 7) is 3.63. The van der Waals surface area contributed by atoms with Gasteiger partial charge in [0.15, 0.2) is 11.5 Å². The maximum atomic E-state index is 9.17. The number of fused-ring (bicyclic) bond motifs is 1. The molecule has 1 N–H and O–H groups in total. The first-order valence-corrected chi connectivity index (χ1v) is 8.86. The molecular weight excluding hydrogens is 372 g/mol. The van der Waals surface area contributed by atoms with E-state index in [1.807, 2.05) is 30.3 Å². The van der Waals surface area contributed by atoms with Crippen LogP contribution < -0.4 is 9.47 Å².